The minimum atomic E-state index is -3.19. The van der Waals surface area contributed by atoms with Crippen LogP contribution in [0.15, 0.2) is 12.3 Å². The molecule has 2 N–H and O–H groups in total. The summed E-state index contributed by atoms with van der Waals surface area (Å²) in [5.74, 6) is -1.69. The number of aromatic carboxylic acids is 1. The van der Waals surface area contributed by atoms with Gasteiger partial charge in [-0.1, -0.05) is 6.92 Å². The fourth-order valence-electron chi connectivity index (χ4n) is 1.33. The van der Waals surface area contributed by atoms with E-state index in [1.54, 1.807) is 0 Å². The third-order valence-electron chi connectivity index (χ3n) is 2.46. The van der Waals surface area contributed by atoms with Gasteiger partial charge in [0.25, 0.3) is 5.69 Å². The van der Waals surface area contributed by atoms with E-state index in [1.165, 1.54) is 6.92 Å². The van der Waals surface area contributed by atoms with Crippen LogP contribution in [0.25, 0.3) is 0 Å². The maximum atomic E-state index is 11.3. The SMILES string of the molecule is CCS(=O)(=O)CCNc1ncc([N+](=O)[O-])cc1C(=O)O. The number of anilines is 1. The van der Waals surface area contributed by atoms with Gasteiger partial charge >= 0.3 is 5.97 Å². The number of aromatic nitrogens is 1. The summed E-state index contributed by atoms with van der Waals surface area (Å²) in [4.78, 5) is 24.4. The van der Waals surface area contributed by atoms with Crippen LogP contribution in [0.4, 0.5) is 11.5 Å². The highest BCUT2D eigenvalue weighted by Gasteiger charge is 2.17. The lowest BCUT2D eigenvalue weighted by molar-refractivity contribution is -0.385. The van der Waals surface area contributed by atoms with Crippen molar-refractivity contribution in [3.8, 4) is 0 Å². The van der Waals surface area contributed by atoms with E-state index >= 15 is 0 Å². The predicted molar refractivity (Wildman–Crippen MR) is 70.7 cm³/mol. The van der Waals surface area contributed by atoms with Crippen LogP contribution in [0.3, 0.4) is 0 Å². The first kappa shape index (κ1) is 15.8. The molecular weight excluding hydrogens is 290 g/mol. The number of nitro groups is 1. The molecule has 0 aromatic carbocycles. The van der Waals surface area contributed by atoms with Crippen molar-refractivity contribution in [2.75, 3.05) is 23.4 Å². The van der Waals surface area contributed by atoms with Crippen molar-refractivity contribution in [3.63, 3.8) is 0 Å². The number of hydrogen-bond donors (Lipinski definition) is 2. The molecule has 1 aromatic rings. The minimum absolute atomic E-state index is 0.0197. The lowest BCUT2D eigenvalue weighted by Crippen LogP contribution is -2.19. The molecule has 0 spiro atoms. The quantitative estimate of drug-likeness (QED) is 0.549. The molecular formula is C10H13N3O6S. The van der Waals surface area contributed by atoms with Crippen LogP contribution in [0.5, 0.6) is 0 Å². The van der Waals surface area contributed by atoms with Gasteiger partial charge in [0.15, 0.2) is 9.84 Å². The van der Waals surface area contributed by atoms with Crippen molar-refractivity contribution in [1.82, 2.24) is 4.98 Å². The molecule has 0 aliphatic heterocycles. The molecule has 1 aromatic heterocycles. The van der Waals surface area contributed by atoms with E-state index in [9.17, 15) is 23.3 Å². The molecule has 0 saturated heterocycles. The van der Waals surface area contributed by atoms with Crippen molar-refractivity contribution < 1.29 is 23.2 Å². The minimum Gasteiger partial charge on any atom is -0.478 e. The van der Waals surface area contributed by atoms with Crippen LogP contribution in [-0.2, 0) is 9.84 Å². The highest BCUT2D eigenvalue weighted by atomic mass is 32.2. The van der Waals surface area contributed by atoms with E-state index in [0.717, 1.165) is 12.3 Å². The van der Waals surface area contributed by atoms with Crippen LogP contribution in [-0.4, -0.2) is 47.5 Å². The Hall–Kier alpha value is -2.23. The fourth-order valence-corrected chi connectivity index (χ4v) is 2.03. The Balaban J connectivity index is 2.90. The fraction of sp³-hybridized carbons (Fsp3) is 0.400. The second-order valence-corrected chi connectivity index (χ2v) is 6.29. The number of rotatable bonds is 7. The molecule has 1 rings (SSSR count). The normalized spacial score (nSPS) is 11.1. The zero-order chi connectivity index (χ0) is 15.3. The first-order valence-corrected chi connectivity index (χ1v) is 7.41. The van der Waals surface area contributed by atoms with Gasteiger partial charge in [-0.3, -0.25) is 10.1 Å². The van der Waals surface area contributed by atoms with Gasteiger partial charge in [-0.15, -0.1) is 0 Å². The monoisotopic (exact) mass is 303 g/mol. The Kier molecular flexibility index (Phi) is 4.97. The third kappa shape index (κ3) is 4.16. The summed E-state index contributed by atoms with van der Waals surface area (Å²) in [7, 11) is -3.19. The molecule has 0 fully saturated rings. The third-order valence-corrected chi connectivity index (χ3v) is 4.17. The summed E-state index contributed by atoms with van der Waals surface area (Å²) in [6.45, 7) is 1.48. The summed E-state index contributed by atoms with van der Waals surface area (Å²) >= 11 is 0. The maximum absolute atomic E-state index is 11.3. The Labute approximate surface area is 114 Å². The second kappa shape index (κ2) is 6.28. The van der Waals surface area contributed by atoms with Crippen molar-refractivity contribution in [2.24, 2.45) is 0 Å². The number of nitrogens with one attached hydrogen (secondary N) is 1. The van der Waals surface area contributed by atoms with Gasteiger partial charge < -0.3 is 10.4 Å². The molecule has 0 saturated carbocycles. The number of hydrogen-bond acceptors (Lipinski definition) is 7. The summed E-state index contributed by atoms with van der Waals surface area (Å²) < 4.78 is 22.6. The molecule has 0 amide bonds. The zero-order valence-corrected chi connectivity index (χ0v) is 11.4. The molecule has 0 bridgehead atoms. The molecule has 0 aliphatic rings. The lowest BCUT2D eigenvalue weighted by Gasteiger charge is -2.08. The lowest BCUT2D eigenvalue weighted by atomic mass is 10.2. The summed E-state index contributed by atoms with van der Waals surface area (Å²) in [5, 5.41) is 22.1. The number of sulfone groups is 1. The largest absolute Gasteiger partial charge is 0.478 e. The highest BCUT2D eigenvalue weighted by Crippen LogP contribution is 2.18. The number of carboxylic acid groups (broad SMARTS) is 1. The van der Waals surface area contributed by atoms with E-state index in [1.807, 2.05) is 0 Å². The Bertz CT molecular complexity index is 628. The summed E-state index contributed by atoms with van der Waals surface area (Å²) in [5.41, 5.74) is -0.831. The Morgan fingerprint density at radius 2 is 2.20 bits per heavy atom. The second-order valence-electron chi connectivity index (χ2n) is 3.82. The van der Waals surface area contributed by atoms with Crippen molar-refractivity contribution in [2.45, 2.75) is 6.92 Å². The van der Waals surface area contributed by atoms with Gasteiger partial charge in [0, 0.05) is 18.4 Å². The van der Waals surface area contributed by atoms with Crippen molar-refractivity contribution in [3.05, 3.63) is 27.9 Å². The van der Waals surface area contributed by atoms with Crippen LogP contribution in [0.2, 0.25) is 0 Å². The van der Waals surface area contributed by atoms with Crippen LogP contribution >= 0.6 is 0 Å². The van der Waals surface area contributed by atoms with Crippen molar-refractivity contribution >= 4 is 27.3 Å². The number of carbonyl (C=O) groups is 1. The highest BCUT2D eigenvalue weighted by molar-refractivity contribution is 7.91. The van der Waals surface area contributed by atoms with Gasteiger partial charge in [-0.2, -0.15) is 0 Å². The molecule has 110 valence electrons. The molecule has 0 unspecified atom stereocenters. The molecule has 0 aliphatic carbocycles. The Morgan fingerprint density at radius 1 is 1.55 bits per heavy atom. The number of carboxylic acids is 1. The molecule has 9 nitrogen and oxygen atoms in total. The Morgan fingerprint density at radius 3 is 2.70 bits per heavy atom. The molecule has 1 heterocycles. The summed E-state index contributed by atoms with van der Waals surface area (Å²) in [6.07, 6.45) is 0.906. The molecule has 10 heteroatoms. The molecule has 0 atom stereocenters. The van der Waals surface area contributed by atoms with Gasteiger partial charge in [0.1, 0.15) is 17.6 Å². The van der Waals surface area contributed by atoms with E-state index in [0.29, 0.717) is 0 Å². The molecule has 0 radical (unpaired) electrons. The van der Waals surface area contributed by atoms with E-state index in [2.05, 4.69) is 10.3 Å². The van der Waals surface area contributed by atoms with Crippen LogP contribution in [0.1, 0.15) is 17.3 Å². The predicted octanol–water partition coefficient (Wildman–Crippen LogP) is 0.535. The first-order chi connectivity index (χ1) is 9.26. The van der Waals surface area contributed by atoms with Crippen LogP contribution in [0, 0.1) is 10.1 Å². The maximum Gasteiger partial charge on any atom is 0.339 e. The summed E-state index contributed by atoms with van der Waals surface area (Å²) in [6, 6.07) is 0.867. The topological polar surface area (TPSA) is 140 Å². The first-order valence-electron chi connectivity index (χ1n) is 5.59. The number of nitrogens with zero attached hydrogens (tertiary/aromatic N) is 2. The van der Waals surface area contributed by atoms with Crippen LogP contribution < -0.4 is 5.32 Å². The van der Waals surface area contributed by atoms with Gasteiger partial charge in [0.2, 0.25) is 0 Å². The average molecular weight is 303 g/mol. The standard InChI is InChI=1S/C10H13N3O6S/c1-2-20(18,19)4-3-11-9-8(10(14)15)5-7(6-12-9)13(16)17/h5-6H,2-4H2,1H3,(H,11,12)(H,14,15). The smallest absolute Gasteiger partial charge is 0.339 e. The van der Waals surface area contributed by atoms with E-state index < -0.39 is 26.4 Å². The number of pyridine rings is 1. The van der Waals surface area contributed by atoms with Gasteiger partial charge in [-0.25, -0.2) is 18.2 Å². The van der Waals surface area contributed by atoms with Gasteiger partial charge in [0.05, 0.1) is 10.7 Å². The van der Waals surface area contributed by atoms with Gasteiger partial charge in [-0.05, 0) is 0 Å². The zero-order valence-electron chi connectivity index (χ0n) is 10.6. The van der Waals surface area contributed by atoms with E-state index in [-0.39, 0.29) is 29.4 Å². The van der Waals surface area contributed by atoms with Crippen molar-refractivity contribution in [1.29, 1.82) is 0 Å². The molecule has 20 heavy (non-hydrogen) atoms. The average Bonchev–Trinajstić information content (AvgIpc) is 2.38. The van der Waals surface area contributed by atoms with E-state index in [4.69, 9.17) is 5.11 Å².